The second kappa shape index (κ2) is 6.83. The number of aromatic nitrogens is 2. The van der Waals surface area contributed by atoms with Crippen molar-refractivity contribution in [2.24, 2.45) is 5.73 Å². The smallest absolute Gasteiger partial charge is 0.229 e. The number of carbonyl (C=O) groups is 1. The SMILES string of the molecule is NC(=O)CCNc1nc(Nc2cccc(Cl)c2)ncc1C1CC1. The van der Waals surface area contributed by atoms with E-state index in [-0.39, 0.29) is 12.3 Å². The number of halogens is 1. The van der Waals surface area contributed by atoms with Gasteiger partial charge < -0.3 is 16.4 Å². The van der Waals surface area contributed by atoms with Crippen LogP contribution in [0.15, 0.2) is 30.5 Å². The molecule has 0 aliphatic heterocycles. The van der Waals surface area contributed by atoms with E-state index in [0.29, 0.717) is 23.4 Å². The van der Waals surface area contributed by atoms with Crippen LogP contribution in [0.2, 0.25) is 5.02 Å². The van der Waals surface area contributed by atoms with Crippen LogP contribution in [0.25, 0.3) is 0 Å². The Bertz CT molecular complexity index is 717. The van der Waals surface area contributed by atoms with E-state index in [9.17, 15) is 4.79 Å². The minimum absolute atomic E-state index is 0.269. The van der Waals surface area contributed by atoms with Crippen LogP contribution >= 0.6 is 11.6 Å². The van der Waals surface area contributed by atoms with Crippen LogP contribution in [-0.2, 0) is 4.79 Å². The third kappa shape index (κ3) is 4.32. The van der Waals surface area contributed by atoms with E-state index < -0.39 is 0 Å². The number of nitrogens with zero attached hydrogens (tertiary/aromatic N) is 2. The quantitative estimate of drug-likeness (QED) is 0.725. The van der Waals surface area contributed by atoms with Crippen LogP contribution in [0.4, 0.5) is 17.5 Å². The number of hydrogen-bond donors (Lipinski definition) is 3. The van der Waals surface area contributed by atoms with E-state index in [0.717, 1.165) is 29.9 Å². The molecular weight excluding hydrogens is 314 g/mol. The molecule has 1 aromatic carbocycles. The Hall–Kier alpha value is -2.34. The average molecular weight is 332 g/mol. The molecule has 120 valence electrons. The van der Waals surface area contributed by atoms with Crippen molar-refractivity contribution < 1.29 is 4.79 Å². The highest BCUT2D eigenvalue weighted by Crippen LogP contribution is 2.42. The molecule has 1 amide bonds. The second-order valence-electron chi connectivity index (χ2n) is 5.55. The zero-order chi connectivity index (χ0) is 16.2. The van der Waals surface area contributed by atoms with E-state index in [2.05, 4.69) is 20.6 Å². The maximum absolute atomic E-state index is 10.9. The first-order valence-corrected chi connectivity index (χ1v) is 7.91. The van der Waals surface area contributed by atoms with Gasteiger partial charge in [-0.2, -0.15) is 4.98 Å². The lowest BCUT2D eigenvalue weighted by Crippen LogP contribution is -2.17. The number of nitrogens with one attached hydrogen (secondary N) is 2. The molecule has 0 unspecified atom stereocenters. The van der Waals surface area contributed by atoms with Gasteiger partial charge in [0.1, 0.15) is 5.82 Å². The van der Waals surface area contributed by atoms with Gasteiger partial charge in [-0.05, 0) is 37.0 Å². The molecule has 1 saturated carbocycles. The highest BCUT2D eigenvalue weighted by Gasteiger charge is 2.27. The number of amides is 1. The van der Waals surface area contributed by atoms with Gasteiger partial charge in [0.15, 0.2) is 0 Å². The summed E-state index contributed by atoms with van der Waals surface area (Å²) in [4.78, 5) is 19.8. The van der Waals surface area contributed by atoms with Crippen molar-refractivity contribution in [2.75, 3.05) is 17.2 Å². The molecule has 0 atom stereocenters. The number of carbonyl (C=O) groups excluding carboxylic acids is 1. The lowest BCUT2D eigenvalue weighted by atomic mass is 10.2. The summed E-state index contributed by atoms with van der Waals surface area (Å²) in [6, 6.07) is 7.36. The lowest BCUT2D eigenvalue weighted by Gasteiger charge is -2.12. The van der Waals surface area contributed by atoms with E-state index in [1.54, 1.807) is 12.1 Å². The average Bonchev–Trinajstić information content (AvgIpc) is 3.32. The van der Waals surface area contributed by atoms with Crippen molar-refractivity contribution in [2.45, 2.75) is 25.2 Å². The second-order valence-corrected chi connectivity index (χ2v) is 5.99. The van der Waals surface area contributed by atoms with E-state index in [4.69, 9.17) is 17.3 Å². The summed E-state index contributed by atoms with van der Waals surface area (Å²) in [6.07, 6.45) is 4.40. The van der Waals surface area contributed by atoms with Crippen molar-refractivity contribution in [1.82, 2.24) is 9.97 Å². The van der Waals surface area contributed by atoms with Crippen LogP contribution in [-0.4, -0.2) is 22.4 Å². The van der Waals surface area contributed by atoms with Crippen LogP contribution < -0.4 is 16.4 Å². The van der Waals surface area contributed by atoms with Crippen molar-refractivity contribution in [3.8, 4) is 0 Å². The fourth-order valence-electron chi connectivity index (χ4n) is 2.29. The van der Waals surface area contributed by atoms with Crippen LogP contribution in [0.1, 0.15) is 30.7 Å². The van der Waals surface area contributed by atoms with Crippen molar-refractivity contribution in [3.63, 3.8) is 0 Å². The number of rotatable bonds is 7. The number of benzene rings is 1. The predicted molar refractivity (Wildman–Crippen MR) is 91.0 cm³/mol. The van der Waals surface area contributed by atoms with Gasteiger partial charge in [0.25, 0.3) is 0 Å². The summed E-state index contributed by atoms with van der Waals surface area (Å²) in [5.74, 6) is 1.41. The highest BCUT2D eigenvalue weighted by atomic mass is 35.5. The maximum Gasteiger partial charge on any atom is 0.229 e. The standard InChI is InChI=1S/C16H18ClN5O/c17-11-2-1-3-12(8-11)21-16-20-9-13(10-4-5-10)15(22-16)19-7-6-14(18)23/h1-3,8-10H,4-7H2,(H2,18,23)(H2,19,20,21,22). The highest BCUT2D eigenvalue weighted by molar-refractivity contribution is 6.30. The molecule has 4 N–H and O–H groups in total. The molecule has 1 aromatic heterocycles. The Morgan fingerprint density at radius 2 is 2.22 bits per heavy atom. The van der Waals surface area contributed by atoms with Gasteiger partial charge >= 0.3 is 0 Å². The fourth-order valence-corrected chi connectivity index (χ4v) is 2.48. The van der Waals surface area contributed by atoms with Crippen LogP contribution in [0.3, 0.4) is 0 Å². The molecule has 3 rings (SSSR count). The van der Waals surface area contributed by atoms with Gasteiger partial charge in [-0.1, -0.05) is 17.7 Å². The Balaban J connectivity index is 1.77. The number of anilines is 3. The van der Waals surface area contributed by atoms with E-state index >= 15 is 0 Å². The summed E-state index contributed by atoms with van der Waals surface area (Å²) < 4.78 is 0. The molecule has 1 aliphatic rings. The van der Waals surface area contributed by atoms with E-state index in [1.165, 1.54) is 0 Å². The Morgan fingerprint density at radius 1 is 1.39 bits per heavy atom. The monoisotopic (exact) mass is 331 g/mol. The topological polar surface area (TPSA) is 92.9 Å². The minimum Gasteiger partial charge on any atom is -0.370 e. The molecule has 1 heterocycles. The number of nitrogens with two attached hydrogens (primary N) is 1. The predicted octanol–water partition coefficient (Wildman–Crippen LogP) is 3.04. The van der Waals surface area contributed by atoms with Crippen molar-refractivity contribution >= 4 is 35.0 Å². The Kier molecular flexibility index (Phi) is 4.62. The first-order valence-electron chi connectivity index (χ1n) is 7.53. The molecule has 1 aliphatic carbocycles. The largest absolute Gasteiger partial charge is 0.370 e. The van der Waals surface area contributed by atoms with Gasteiger partial charge in [-0.15, -0.1) is 0 Å². The molecule has 0 bridgehead atoms. The van der Waals surface area contributed by atoms with Gasteiger partial charge in [0.05, 0.1) is 0 Å². The molecule has 0 radical (unpaired) electrons. The maximum atomic E-state index is 10.9. The Morgan fingerprint density at radius 3 is 2.91 bits per heavy atom. The molecule has 23 heavy (non-hydrogen) atoms. The summed E-state index contributed by atoms with van der Waals surface area (Å²) in [5, 5.41) is 6.96. The molecule has 0 saturated heterocycles. The van der Waals surface area contributed by atoms with Gasteiger partial charge in [-0.3, -0.25) is 4.79 Å². The molecule has 2 aromatic rings. The van der Waals surface area contributed by atoms with Crippen LogP contribution in [0, 0.1) is 0 Å². The van der Waals surface area contributed by atoms with E-state index in [1.807, 2.05) is 18.3 Å². The van der Waals surface area contributed by atoms with Crippen molar-refractivity contribution in [1.29, 1.82) is 0 Å². The van der Waals surface area contributed by atoms with Gasteiger partial charge in [0, 0.05) is 35.4 Å². The molecule has 0 spiro atoms. The Labute approximate surface area is 139 Å². The zero-order valence-corrected chi connectivity index (χ0v) is 13.3. The van der Waals surface area contributed by atoms with Crippen LogP contribution in [0.5, 0.6) is 0 Å². The third-order valence-electron chi connectivity index (χ3n) is 3.58. The first kappa shape index (κ1) is 15.6. The third-order valence-corrected chi connectivity index (χ3v) is 3.81. The summed E-state index contributed by atoms with van der Waals surface area (Å²) in [5.41, 5.74) is 7.08. The van der Waals surface area contributed by atoms with Gasteiger partial charge in [-0.25, -0.2) is 4.98 Å². The zero-order valence-electron chi connectivity index (χ0n) is 12.6. The van der Waals surface area contributed by atoms with Crippen molar-refractivity contribution in [3.05, 3.63) is 41.0 Å². The number of primary amides is 1. The molecular formula is C16H18ClN5O. The molecule has 7 heteroatoms. The molecule has 1 fully saturated rings. The fraction of sp³-hybridized carbons (Fsp3) is 0.312. The number of hydrogen-bond acceptors (Lipinski definition) is 5. The molecule has 6 nitrogen and oxygen atoms in total. The van der Waals surface area contributed by atoms with Gasteiger partial charge in [0.2, 0.25) is 11.9 Å². The lowest BCUT2D eigenvalue weighted by molar-refractivity contribution is -0.117. The summed E-state index contributed by atoms with van der Waals surface area (Å²) in [7, 11) is 0. The normalized spacial score (nSPS) is 13.6. The summed E-state index contributed by atoms with van der Waals surface area (Å²) >= 11 is 5.98. The minimum atomic E-state index is -0.336. The first-order chi connectivity index (χ1) is 11.1. The summed E-state index contributed by atoms with van der Waals surface area (Å²) in [6.45, 7) is 0.461.